The summed E-state index contributed by atoms with van der Waals surface area (Å²) in [4.78, 5) is 37.4. The van der Waals surface area contributed by atoms with Gasteiger partial charge in [0.15, 0.2) is 6.10 Å². The standard InChI is InChI=1S/C42H76NO9P/c1-6-7-8-9-10-11-17-21-24-27-30-33-41(45)49-37-40(38-51-53(47,48)50-36-35-43(3,4)5)52-42(46)34-31-28-25-22-19-16-14-12-13-15-18-20-23-26-29-32-39(2)44/h13-16,20,22-23,25,39-40,44H,6-12,17-19,21,24,26-38H2,1-5H3/b15-13-,16-14-,23-20-,25-22-/t39-,40+/m0/s1. The van der Waals surface area contributed by atoms with Crippen LogP contribution in [0.3, 0.4) is 0 Å². The number of carbonyl (C=O) groups is 2. The van der Waals surface area contributed by atoms with E-state index in [1.54, 1.807) is 0 Å². The SMILES string of the molecule is CCCCCCCCCCCCCC(=O)OC[C@H](COP(=O)([O-])OCC[N+](C)(C)C)OC(=O)CCC/C=C\C/C=C\C/C=C\C/C=C\CCC[C@H](C)O. The summed E-state index contributed by atoms with van der Waals surface area (Å²) < 4.78 is 33.7. The lowest BCUT2D eigenvalue weighted by atomic mass is 10.1. The number of hydrogen-bond donors (Lipinski definition) is 1. The maximum absolute atomic E-state index is 12.6. The Morgan fingerprint density at radius 3 is 1.70 bits per heavy atom. The van der Waals surface area contributed by atoms with Gasteiger partial charge in [-0.1, -0.05) is 120 Å². The summed E-state index contributed by atoms with van der Waals surface area (Å²) in [5.74, 6) is -0.920. The van der Waals surface area contributed by atoms with Crippen LogP contribution in [0.4, 0.5) is 0 Å². The molecule has 0 rings (SSSR count). The van der Waals surface area contributed by atoms with Crippen LogP contribution in [0.15, 0.2) is 48.6 Å². The molecule has 0 saturated carbocycles. The first kappa shape index (κ1) is 50.9. The Kier molecular flexibility index (Phi) is 33.1. The monoisotopic (exact) mass is 770 g/mol. The molecule has 0 fully saturated rings. The summed E-state index contributed by atoms with van der Waals surface area (Å²) >= 11 is 0. The maximum atomic E-state index is 12.6. The van der Waals surface area contributed by atoms with E-state index in [0.29, 0.717) is 23.9 Å². The van der Waals surface area contributed by atoms with Crippen LogP contribution in [-0.4, -0.2) is 81.2 Å². The molecule has 0 saturated heterocycles. The molecule has 0 aromatic rings. The quantitative estimate of drug-likeness (QED) is 0.0218. The summed E-state index contributed by atoms with van der Waals surface area (Å²) in [7, 11) is 1.11. The first-order chi connectivity index (χ1) is 25.3. The highest BCUT2D eigenvalue weighted by Crippen LogP contribution is 2.38. The highest BCUT2D eigenvalue weighted by molar-refractivity contribution is 7.45. The topological polar surface area (TPSA) is 131 Å². The van der Waals surface area contributed by atoms with E-state index in [1.807, 2.05) is 34.1 Å². The zero-order valence-corrected chi connectivity index (χ0v) is 35.0. The molecule has 0 aliphatic heterocycles. The van der Waals surface area contributed by atoms with Crippen molar-refractivity contribution < 1.29 is 47.2 Å². The number of allylic oxidation sites excluding steroid dienone is 8. The fourth-order valence-corrected chi connectivity index (χ4v) is 5.86. The Hall–Kier alpha value is -2.07. The molecule has 308 valence electrons. The molecule has 3 atom stereocenters. The van der Waals surface area contributed by atoms with Crippen molar-refractivity contribution in [3.8, 4) is 0 Å². The summed E-state index contributed by atoms with van der Waals surface area (Å²) in [6.07, 6.45) is 35.6. The van der Waals surface area contributed by atoms with Crippen LogP contribution >= 0.6 is 7.82 Å². The average Bonchev–Trinajstić information content (AvgIpc) is 3.08. The second kappa shape index (κ2) is 34.4. The van der Waals surface area contributed by atoms with Crippen molar-refractivity contribution in [1.29, 1.82) is 0 Å². The molecular weight excluding hydrogens is 693 g/mol. The molecule has 1 unspecified atom stereocenters. The van der Waals surface area contributed by atoms with Gasteiger partial charge >= 0.3 is 11.9 Å². The van der Waals surface area contributed by atoms with Gasteiger partial charge in [0, 0.05) is 12.8 Å². The van der Waals surface area contributed by atoms with Crippen LogP contribution in [0.25, 0.3) is 0 Å². The Bertz CT molecular complexity index is 1070. The van der Waals surface area contributed by atoms with Gasteiger partial charge in [0.05, 0.1) is 33.9 Å². The van der Waals surface area contributed by atoms with Gasteiger partial charge < -0.3 is 33.0 Å². The zero-order chi connectivity index (χ0) is 39.5. The number of ether oxygens (including phenoxy) is 2. The second-order valence-electron chi connectivity index (χ2n) is 14.9. The van der Waals surface area contributed by atoms with Crippen molar-refractivity contribution in [3.05, 3.63) is 48.6 Å². The molecule has 0 spiro atoms. The van der Waals surface area contributed by atoms with Crippen molar-refractivity contribution in [1.82, 2.24) is 0 Å². The number of rotatable bonds is 36. The fraction of sp³-hybridized carbons (Fsp3) is 0.762. The van der Waals surface area contributed by atoms with Crippen molar-refractivity contribution >= 4 is 19.8 Å². The predicted molar refractivity (Wildman–Crippen MR) is 214 cm³/mol. The molecule has 0 radical (unpaired) electrons. The second-order valence-corrected chi connectivity index (χ2v) is 16.3. The Morgan fingerprint density at radius 2 is 1.17 bits per heavy atom. The summed E-state index contributed by atoms with van der Waals surface area (Å²) in [5.41, 5.74) is 0. The number of phosphoric ester groups is 1. The minimum Gasteiger partial charge on any atom is -0.756 e. The van der Waals surface area contributed by atoms with Crippen molar-refractivity contribution in [3.63, 3.8) is 0 Å². The van der Waals surface area contributed by atoms with Crippen LogP contribution in [0.2, 0.25) is 0 Å². The van der Waals surface area contributed by atoms with Crippen molar-refractivity contribution in [2.75, 3.05) is 47.5 Å². The normalized spacial score (nSPS) is 14.8. The predicted octanol–water partition coefficient (Wildman–Crippen LogP) is 9.47. The van der Waals surface area contributed by atoms with E-state index in [2.05, 4.69) is 49.5 Å². The van der Waals surface area contributed by atoms with Gasteiger partial charge in [-0.15, -0.1) is 0 Å². The van der Waals surface area contributed by atoms with E-state index >= 15 is 0 Å². The highest BCUT2D eigenvalue weighted by atomic mass is 31.2. The van der Waals surface area contributed by atoms with Crippen LogP contribution < -0.4 is 4.89 Å². The molecular formula is C42H76NO9P. The number of aliphatic hydroxyl groups excluding tert-OH is 1. The minimum absolute atomic E-state index is 0.0474. The van der Waals surface area contributed by atoms with E-state index in [1.165, 1.54) is 51.4 Å². The fourth-order valence-electron chi connectivity index (χ4n) is 5.13. The number of nitrogens with zero attached hydrogens (tertiary/aromatic N) is 1. The van der Waals surface area contributed by atoms with Gasteiger partial charge in [-0.3, -0.25) is 14.2 Å². The van der Waals surface area contributed by atoms with Crippen LogP contribution in [-0.2, 0) is 32.7 Å². The van der Waals surface area contributed by atoms with Crippen LogP contribution in [0, 0.1) is 0 Å². The molecule has 0 amide bonds. The molecule has 0 heterocycles. The number of quaternary nitrogens is 1. The van der Waals surface area contributed by atoms with E-state index in [-0.39, 0.29) is 32.2 Å². The van der Waals surface area contributed by atoms with E-state index < -0.39 is 32.5 Å². The number of carbonyl (C=O) groups excluding carboxylic acids is 2. The molecule has 10 nitrogen and oxygen atoms in total. The third-order valence-electron chi connectivity index (χ3n) is 8.37. The molecule has 0 aromatic heterocycles. The molecule has 0 aromatic carbocycles. The van der Waals surface area contributed by atoms with Gasteiger partial charge in [-0.2, -0.15) is 0 Å². The number of aliphatic hydroxyl groups is 1. The maximum Gasteiger partial charge on any atom is 0.306 e. The molecule has 1 N–H and O–H groups in total. The van der Waals surface area contributed by atoms with E-state index in [4.69, 9.17) is 18.5 Å². The number of likely N-dealkylation sites (N-methyl/N-ethyl adjacent to an activating group) is 1. The van der Waals surface area contributed by atoms with Crippen LogP contribution in [0.1, 0.15) is 149 Å². The van der Waals surface area contributed by atoms with Crippen molar-refractivity contribution in [2.24, 2.45) is 0 Å². The summed E-state index contributed by atoms with van der Waals surface area (Å²) in [6, 6.07) is 0. The Morgan fingerprint density at radius 1 is 0.679 bits per heavy atom. The van der Waals surface area contributed by atoms with Crippen LogP contribution in [0.5, 0.6) is 0 Å². The molecule has 0 bridgehead atoms. The first-order valence-corrected chi connectivity index (χ1v) is 21.8. The van der Waals surface area contributed by atoms with Crippen molar-refractivity contribution in [2.45, 2.75) is 161 Å². The number of unbranched alkanes of at least 4 members (excludes halogenated alkanes) is 12. The summed E-state index contributed by atoms with van der Waals surface area (Å²) in [5, 5.41) is 9.27. The summed E-state index contributed by atoms with van der Waals surface area (Å²) in [6.45, 7) is 3.67. The smallest absolute Gasteiger partial charge is 0.306 e. The minimum atomic E-state index is -4.64. The van der Waals surface area contributed by atoms with Gasteiger partial charge in [0.25, 0.3) is 7.82 Å². The Labute approximate surface area is 323 Å². The lowest BCUT2D eigenvalue weighted by Crippen LogP contribution is -2.37. The lowest BCUT2D eigenvalue weighted by Gasteiger charge is -2.28. The van der Waals surface area contributed by atoms with E-state index in [0.717, 1.165) is 57.8 Å². The van der Waals surface area contributed by atoms with Gasteiger partial charge in [-0.25, -0.2) is 0 Å². The first-order valence-electron chi connectivity index (χ1n) is 20.4. The van der Waals surface area contributed by atoms with Gasteiger partial charge in [0.1, 0.15) is 19.8 Å². The number of esters is 2. The lowest BCUT2D eigenvalue weighted by molar-refractivity contribution is -0.870. The average molecular weight is 770 g/mol. The number of hydrogen-bond acceptors (Lipinski definition) is 9. The zero-order valence-electron chi connectivity index (χ0n) is 34.1. The Balaban J connectivity index is 4.51. The molecule has 0 aliphatic carbocycles. The van der Waals surface area contributed by atoms with Gasteiger partial charge in [0.2, 0.25) is 0 Å². The molecule has 11 heteroatoms. The molecule has 53 heavy (non-hydrogen) atoms. The third kappa shape index (κ3) is 39.4. The largest absolute Gasteiger partial charge is 0.756 e. The third-order valence-corrected chi connectivity index (χ3v) is 9.33. The van der Waals surface area contributed by atoms with E-state index in [9.17, 15) is 24.2 Å². The number of phosphoric acid groups is 1. The highest BCUT2D eigenvalue weighted by Gasteiger charge is 2.21. The van der Waals surface area contributed by atoms with Gasteiger partial charge in [-0.05, 0) is 64.7 Å². The molecule has 0 aliphatic rings.